The Kier molecular flexibility index (Phi) is 5.01. The zero-order valence-electron chi connectivity index (χ0n) is 14.1. The van der Waals surface area contributed by atoms with Crippen molar-refractivity contribution in [3.05, 3.63) is 77.9 Å². The number of fused-ring (bicyclic) bond motifs is 1. The SMILES string of the molecule is C/C(Cc1ccc(C#N)cc1)=N\OS(=O)(=O)c1ccc2ccccc2c1. The van der Waals surface area contributed by atoms with E-state index in [-0.39, 0.29) is 4.90 Å². The van der Waals surface area contributed by atoms with Crippen LogP contribution in [0.15, 0.2) is 76.8 Å². The molecule has 0 N–H and O–H groups in total. The third-order valence-electron chi connectivity index (χ3n) is 3.84. The molecule has 0 aromatic heterocycles. The van der Waals surface area contributed by atoms with E-state index in [1.54, 1.807) is 43.3 Å². The summed E-state index contributed by atoms with van der Waals surface area (Å²) in [6.45, 7) is 1.69. The summed E-state index contributed by atoms with van der Waals surface area (Å²) in [7, 11) is -3.98. The van der Waals surface area contributed by atoms with Crippen molar-refractivity contribution in [2.45, 2.75) is 18.2 Å². The van der Waals surface area contributed by atoms with E-state index in [2.05, 4.69) is 5.16 Å². The van der Waals surface area contributed by atoms with E-state index in [9.17, 15) is 8.42 Å². The Hall–Kier alpha value is -3.17. The van der Waals surface area contributed by atoms with Crippen LogP contribution in [0, 0.1) is 11.3 Å². The van der Waals surface area contributed by atoms with Gasteiger partial charge in [-0.2, -0.15) is 13.7 Å². The molecular formula is C20H16N2O3S. The molecule has 26 heavy (non-hydrogen) atoms. The third kappa shape index (κ3) is 4.08. The maximum absolute atomic E-state index is 12.4. The van der Waals surface area contributed by atoms with Gasteiger partial charge in [-0.3, -0.25) is 4.28 Å². The van der Waals surface area contributed by atoms with Crippen molar-refractivity contribution < 1.29 is 12.7 Å². The highest BCUT2D eigenvalue weighted by atomic mass is 32.2. The predicted molar refractivity (Wildman–Crippen MR) is 100 cm³/mol. The summed E-state index contributed by atoms with van der Waals surface area (Å²) in [4.78, 5) is 0.0612. The molecule has 3 aromatic rings. The van der Waals surface area contributed by atoms with Crippen LogP contribution in [0.5, 0.6) is 0 Å². The molecule has 0 saturated carbocycles. The molecule has 0 heterocycles. The van der Waals surface area contributed by atoms with E-state index in [1.807, 2.05) is 30.3 Å². The fourth-order valence-corrected chi connectivity index (χ4v) is 3.32. The fraction of sp³-hybridized carbons (Fsp3) is 0.100. The molecule has 0 amide bonds. The minimum Gasteiger partial charge on any atom is -0.265 e. The summed E-state index contributed by atoms with van der Waals surface area (Å²) in [5, 5.41) is 14.3. The van der Waals surface area contributed by atoms with Gasteiger partial charge in [-0.1, -0.05) is 47.6 Å². The van der Waals surface area contributed by atoms with Crippen LogP contribution < -0.4 is 0 Å². The Balaban J connectivity index is 1.75. The topological polar surface area (TPSA) is 79.5 Å². The first-order valence-electron chi connectivity index (χ1n) is 7.93. The molecule has 5 nitrogen and oxygen atoms in total. The van der Waals surface area contributed by atoms with E-state index >= 15 is 0 Å². The van der Waals surface area contributed by atoms with Crippen LogP contribution in [0.3, 0.4) is 0 Å². The van der Waals surface area contributed by atoms with Gasteiger partial charge in [0, 0.05) is 6.42 Å². The zero-order chi connectivity index (χ0) is 18.6. The van der Waals surface area contributed by atoms with E-state index < -0.39 is 10.1 Å². The maximum Gasteiger partial charge on any atom is 0.358 e. The first-order valence-corrected chi connectivity index (χ1v) is 9.34. The number of nitrogens with zero attached hydrogens (tertiary/aromatic N) is 2. The molecule has 0 radical (unpaired) electrons. The van der Waals surface area contributed by atoms with Gasteiger partial charge in [-0.15, -0.1) is 0 Å². The molecule has 6 heteroatoms. The van der Waals surface area contributed by atoms with E-state index in [4.69, 9.17) is 9.55 Å². The first kappa shape index (κ1) is 17.6. The zero-order valence-corrected chi connectivity index (χ0v) is 14.9. The summed E-state index contributed by atoms with van der Waals surface area (Å²) >= 11 is 0. The molecule has 0 saturated heterocycles. The Morgan fingerprint density at radius 3 is 2.42 bits per heavy atom. The molecule has 3 rings (SSSR count). The molecule has 0 fully saturated rings. The summed E-state index contributed by atoms with van der Waals surface area (Å²) < 4.78 is 29.6. The molecule has 0 spiro atoms. The minimum atomic E-state index is -3.98. The molecule has 0 atom stereocenters. The number of benzene rings is 3. The number of hydrogen-bond donors (Lipinski definition) is 0. The van der Waals surface area contributed by atoms with Gasteiger partial charge in [0.1, 0.15) is 4.90 Å². The maximum atomic E-state index is 12.4. The Labute approximate surface area is 152 Å². The van der Waals surface area contributed by atoms with Crippen molar-refractivity contribution >= 4 is 26.6 Å². The molecule has 0 unspecified atom stereocenters. The number of rotatable bonds is 5. The first-order chi connectivity index (χ1) is 12.5. The van der Waals surface area contributed by atoms with Gasteiger partial charge >= 0.3 is 10.1 Å². The molecule has 0 bridgehead atoms. The quantitative estimate of drug-likeness (QED) is 0.506. The lowest BCUT2D eigenvalue weighted by atomic mass is 10.1. The minimum absolute atomic E-state index is 0.0612. The van der Waals surface area contributed by atoms with Gasteiger partial charge < -0.3 is 0 Å². The standard InChI is InChI=1S/C20H16N2O3S/c1-15(12-16-6-8-17(14-21)9-7-16)22-25-26(23,24)20-11-10-18-4-2-3-5-19(18)13-20/h2-11,13H,12H2,1H3/b22-15+. The molecular weight excluding hydrogens is 348 g/mol. The van der Waals surface area contributed by atoms with Crippen LogP contribution in [0.2, 0.25) is 0 Å². The van der Waals surface area contributed by atoms with Gasteiger partial charge in [-0.25, -0.2) is 0 Å². The summed E-state index contributed by atoms with van der Waals surface area (Å²) in [6, 6.07) is 21.4. The van der Waals surface area contributed by atoms with Gasteiger partial charge in [-0.05, 0) is 47.5 Å². The van der Waals surface area contributed by atoms with Gasteiger partial charge in [0.25, 0.3) is 0 Å². The van der Waals surface area contributed by atoms with E-state index in [0.717, 1.165) is 16.3 Å². The van der Waals surface area contributed by atoms with Crippen LogP contribution in [0.4, 0.5) is 0 Å². The fourth-order valence-electron chi connectivity index (χ4n) is 2.50. The number of oxime groups is 1. The molecule has 0 aliphatic heterocycles. The average molecular weight is 364 g/mol. The molecule has 0 aliphatic carbocycles. The van der Waals surface area contributed by atoms with Gasteiger partial charge in [0.05, 0.1) is 17.3 Å². The second-order valence-electron chi connectivity index (χ2n) is 5.85. The van der Waals surface area contributed by atoms with Crippen LogP contribution in [-0.4, -0.2) is 14.1 Å². The van der Waals surface area contributed by atoms with E-state index in [1.165, 1.54) is 6.07 Å². The lowest BCUT2D eigenvalue weighted by molar-refractivity contribution is 0.337. The highest BCUT2D eigenvalue weighted by Crippen LogP contribution is 2.20. The molecule has 130 valence electrons. The average Bonchev–Trinajstić information content (AvgIpc) is 2.67. The van der Waals surface area contributed by atoms with Crippen LogP contribution in [0.25, 0.3) is 10.8 Å². The third-order valence-corrected chi connectivity index (χ3v) is 4.95. The van der Waals surface area contributed by atoms with Crippen molar-refractivity contribution in [2.75, 3.05) is 0 Å². The van der Waals surface area contributed by atoms with Crippen molar-refractivity contribution in [2.24, 2.45) is 5.16 Å². The van der Waals surface area contributed by atoms with Crippen molar-refractivity contribution in [3.63, 3.8) is 0 Å². The summed E-state index contributed by atoms with van der Waals surface area (Å²) in [6.07, 6.45) is 0.430. The second kappa shape index (κ2) is 7.38. The normalized spacial score (nSPS) is 11.9. The molecule has 3 aromatic carbocycles. The van der Waals surface area contributed by atoms with Crippen LogP contribution in [0.1, 0.15) is 18.1 Å². The number of nitriles is 1. The summed E-state index contributed by atoms with van der Waals surface area (Å²) in [5.41, 5.74) is 1.99. The van der Waals surface area contributed by atoms with Crippen LogP contribution >= 0.6 is 0 Å². The van der Waals surface area contributed by atoms with Crippen LogP contribution in [-0.2, 0) is 20.8 Å². The highest BCUT2D eigenvalue weighted by Gasteiger charge is 2.16. The largest absolute Gasteiger partial charge is 0.358 e. The van der Waals surface area contributed by atoms with Crippen molar-refractivity contribution in [3.8, 4) is 6.07 Å². The lowest BCUT2D eigenvalue weighted by Crippen LogP contribution is -2.06. The van der Waals surface area contributed by atoms with E-state index in [0.29, 0.717) is 17.7 Å². The molecule has 0 aliphatic rings. The second-order valence-corrected chi connectivity index (χ2v) is 7.38. The Morgan fingerprint density at radius 2 is 1.73 bits per heavy atom. The lowest BCUT2D eigenvalue weighted by Gasteiger charge is -2.05. The Bertz CT molecular complexity index is 1110. The van der Waals surface area contributed by atoms with Gasteiger partial charge in [0.15, 0.2) is 0 Å². The highest BCUT2D eigenvalue weighted by molar-refractivity contribution is 7.86. The van der Waals surface area contributed by atoms with Crippen molar-refractivity contribution in [1.82, 2.24) is 0 Å². The predicted octanol–water partition coefficient (Wildman–Crippen LogP) is 4.04. The monoisotopic (exact) mass is 364 g/mol. The Morgan fingerprint density at radius 1 is 1.04 bits per heavy atom. The smallest absolute Gasteiger partial charge is 0.265 e. The van der Waals surface area contributed by atoms with Crippen molar-refractivity contribution in [1.29, 1.82) is 5.26 Å². The summed E-state index contributed by atoms with van der Waals surface area (Å²) in [5.74, 6) is 0. The van der Waals surface area contributed by atoms with Gasteiger partial charge in [0.2, 0.25) is 0 Å². The number of hydrogen-bond acceptors (Lipinski definition) is 5.